The summed E-state index contributed by atoms with van der Waals surface area (Å²) in [4.78, 5) is 38.2. The molecule has 4 rings (SSSR count). The van der Waals surface area contributed by atoms with Gasteiger partial charge < -0.3 is 15.2 Å². The van der Waals surface area contributed by atoms with Crippen LogP contribution in [0.4, 0.5) is 13.2 Å². The summed E-state index contributed by atoms with van der Waals surface area (Å²) in [5.74, 6) is -1.21. The molecule has 1 aromatic heterocycles. The molecule has 13 heteroatoms. The molecule has 214 valence electrons. The summed E-state index contributed by atoms with van der Waals surface area (Å²) in [5, 5.41) is 20.2. The van der Waals surface area contributed by atoms with Crippen LogP contribution >= 0.6 is 11.8 Å². The Hall–Kier alpha value is -3.84. The fourth-order valence-electron chi connectivity index (χ4n) is 4.17. The zero-order valence-corrected chi connectivity index (χ0v) is 22.3. The molecule has 1 unspecified atom stereocenters. The summed E-state index contributed by atoms with van der Waals surface area (Å²) in [6.07, 6.45) is -3.44. The van der Waals surface area contributed by atoms with Crippen molar-refractivity contribution in [1.82, 2.24) is 15.8 Å². The Morgan fingerprint density at radius 2 is 1.80 bits per heavy atom. The maximum atomic E-state index is 12.9. The first-order valence-electron chi connectivity index (χ1n) is 12.1. The lowest BCUT2D eigenvalue weighted by Gasteiger charge is -2.37. The van der Waals surface area contributed by atoms with Gasteiger partial charge in [-0.05, 0) is 61.9 Å². The molecule has 1 aliphatic rings. The molecule has 1 aliphatic heterocycles. The van der Waals surface area contributed by atoms with Gasteiger partial charge in [0.1, 0.15) is 12.4 Å². The van der Waals surface area contributed by atoms with Crippen molar-refractivity contribution in [3.05, 3.63) is 71.4 Å². The van der Waals surface area contributed by atoms with Gasteiger partial charge >= 0.3 is 12.1 Å². The third kappa shape index (κ3) is 8.58. The molecule has 0 spiro atoms. The first kappa shape index (κ1) is 30.7. The third-order valence-electron chi connectivity index (χ3n) is 6.01. The topological polar surface area (TPSA) is 138 Å². The van der Waals surface area contributed by atoms with Gasteiger partial charge in [-0.1, -0.05) is 18.2 Å². The van der Waals surface area contributed by atoms with Crippen LogP contribution in [0.5, 0.6) is 5.75 Å². The number of aryl methyl sites for hydroxylation is 1. The highest BCUT2D eigenvalue weighted by atomic mass is 32.2. The summed E-state index contributed by atoms with van der Waals surface area (Å²) >= 11 is 1.70. The van der Waals surface area contributed by atoms with Gasteiger partial charge in [-0.2, -0.15) is 24.9 Å². The lowest BCUT2D eigenvalue weighted by Crippen LogP contribution is -2.54. The average Bonchev–Trinajstić information content (AvgIpc) is 2.92. The lowest BCUT2D eigenvalue weighted by atomic mass is 9.90. The van der Waals surface area contributed by atoms with Crippen molar-refractivity contribution in [1.29, 1.82) is 0 Å². The van der Waals surface area contributed by atoms with E-state index in [1.165, 1.54) is 0 Å². The van der Waals surface area contributed by atoms with E-state index in [1.807, 2.05) is 37.3 Å². The SMILES string of the molecule is Cc1cc(COc2ccc(C(=O)NC3(CC(=O)NO)CCCSC3)cc2)c2ccccc2n1.O=C(O)C(F)(F)F. The van der Waals surface area contributed by atoms with Gasteiger partial charge in [0.25, 0.3) is 5.91 Å². The number of carboxylic acid groups (broad SMARTS) is 1. The van der Waals surface area contributed by atoms with Crippen LogP contribution in [-0.4, -0.2) is 56.3 Å². The Labute approximate surface area is 232 Å². The minimum Gasteiger partial charge on any atom is -0.489 e. The number of hydrogen-bond donors (Lipinski definition) is 4. The summed E-state index contributed by atoms with van der Waals surface area (Å²) in [6.45, 7) is 2.36. The number of benzene rings is 2. The van der Waals surface area contributed by atoms with Crippen molar-refractivity contribution in [3.63, 3.8) is 0 Å². The molecule has 2 aromatic carbocycles. The number of thioether (sulfide) groups is 1. The van der Waals surface area contributed by atoms with E-state index in [0.29, 0.717) is 30.1 Å². The van der Waals surface area contributed by atoms with Crippen LogP contribution in [-0.2, 0) is 16.2 Å². The summed E-state index contributed by atoms with van der Waals surface area (Å²) in [5.41, 5.74) is 4.43. The van der Waals surface area contributed by atoms with Crippen LogP contribution in [0.15, 0.2) is 54.6 Å². The number of nitrogens with zero attached hydrogens (tertiary/aromatic N) is 1. The van der Waals surface area contributed by atoms with E-state index in [2.05, 4.69) is 10.3 Å². The molecule has 2 heterocycles. The second-order valence-electron chi connectivity index (χ2n) is 9.16. The number of aliphatic carboxylic acids is 1. The van der Waals surface area contributed by atoms with E-state index in [-0.39, 0.29) is 12.3 Å². The monoisotopic (exact) mass is 579 g/mol. The number of aromatic nitrogens is 1. The fraction of sp³-hybridized carbons (Fsp3) is 0.333. The number of para-hydroxylation sites is 1. The Kier molecular flexibility index (Phi) is 10.3. The number of rotatable bonds is 7. The van der Waals surface area contributed by atoms with Crippen LogP contribution in [0.3, 0.4) is 0 Å². The largest absolute Gasteiger partial charge is 0.490 e. The Bertz CT molecular complexity index is 1350. The standard InChI is InChI=1S/C25H27N3O4S.C2HF3O2/c1-17-13-19(21-5-2-3-6-22(21)26-17)15-32-20-9-7-18(8-10-20)24(30)27-25(14-23(29)28-31)11-4-12-33-16-25;3-2(4,5)1(6)7/h2-3,5-10,13,31H,4,11-12,14-16H2,1H3,(H,27,30)(H,28,29);(H,6,7). The molecule has 9 nitrogen and oxygen atoms in total. The average molecular weight is 580 g/mol. The predicted octanol–water partition coefficient (Wildman–Crippen LogP) is 4.65. The van der Waals surface area contributed by atoms with Crippen LogP contribution in [0.2, 0.25) is 0 Å². The molecule has 1 saturated heterocycles. The Balaban J connectivity index is 0.000000559. The molecule has 4 N–H and O–H groups in total. The number of alkyl halides is 3. The number of ether oxygens (including phenoxy) is 1. The number of fused-ring (bicyclic) bond motifs is 1. The van der Waals surface area contributed by atoms with E-state index in [1.54, 1.807) is 41.5 Å². The molecule has 0 aliphatic carbocycles. The van der Waals surface area contributed by atoms with E-state index < -0.39 is 23.6 Å². The lowest BCUT2D eigenvalue weighted by molar-refractivity contribution is -0.192. The molecular weight excluding hydrogens is 551 g/mol. The molecule has 0 radical (unpaired) electrons. The van der Waals surface area contributed by atoms with Crippen molar-refractivity contribution >= 4 is 40.4 Å². The molecule has 0 bridgehead atoms. The number of pyridine rings is 1. The first-order chi connectivity index (χ1) is 18.9. The van der Waals surface area contributed by atoms with E-state index in [9.17, 15) is 22.8 Å². The fourth-order valence-corrected chi connectivity index (χ4v) is 5.37. The normalized spacial score (nSPS) is 16.8. The number of nitrogens with one attached hydrogen (secondary N) is 2. The van der Waals surface area contributed by atoms with Crippen molar-refractivity contribution in [2.75, 3.05) is 11.5 Å². The van der Waals surface area contributed by atoms with Gasteiger partial charge in [0, 0.05) is 28.0 Å². The maximum Gasteiger partial charge on any atom is 0.490 e. The van der Waals surface area contributed by atoms with Crippen LogP contribution in [0.1, 0.15) is 40.9 Å². The molecule has 2 amide bonds. The van der Waals surface area contributed by atoms with Gasteiger partial charge in [-0.15, -0.1) is 0 Å². The predicted molar refractivity (Wildman–Crippen MR) is 142 cm³/mol. The number of hydrogen-bond acceptors (Lipinski definition) is 7. The quantitative estimate of drug-likeness (QED) is 0.235. The van der Waals surface area contributed by atoms with Crippen LogP contribution < -0.4 is 15.5 Å². The second-order valence-corrected chi connectivity index (χ2v) is 10.3. The van der Waals surface area contributed by atoms with Gasteiger partial charge in [-0.3, -0.25) is 19.8 Å². The smallest absolute Gasteiger partial charge is 0.489 e. The zero-order chi connectivity index (χ0) is 29.3. The van der Waals surface area contributed by atoms with Gasteiger partial charge in [0.2, 0.25) is 5.91 Å². The number of amides is 2. The molecule has 0 saturated carbocycles. The van der Waals surface area contributed by atoms with Crippen molar-refractivity contribution in [2.24, 2.45) is 0 Å². The number of carbonyl (C=O) groups is 3. The molecule has 3 aromatic rings. The van der Waals surface area contributed by atoms with Crippen LogP contribution in [0.25, 0.3) is 10.9 Å². The molecule has 40 heavy (non-hydrogen) atoms. The van der Waals surface area contributed by atoms with E-state index >= 15 is 0 Å². The van der Waals surface area contributed by atoms with Gasteiger partial charge in [0.15, 0.2) is 0 Å². The van der Waals surface area contributed by atoms with Crippen molar-refractivity contribution < 1.29 is 42.6 Å². The van der Waals surface area contributed by atoms with Gasteiger partial charge in [-0.25, -0.2) is 10.3 Å². The molecule has 1 atom stereocenters. The first-order valence-corrected chi connectivity index (χ1v) is 13.3. The maximum absolute atomic E-state index is 12.9. The highest BCUT2D eigenvalue weighted by molar-refractivity contribution is 7.99. The highest BCUT2D eigenvalue weighted by Gasteiger charge is 2.38. The number of halogens is 3. The van der Waals surface area contributed by atoms with E-state index in [4.69, 9.17) is 19.8 Å². The van der Waals surface area contributed by atoms with Gasteiger partial charge in [0.05, 0.1) is 17.5 Å². The third-order valence-corrected chi connectivity index (χ3v) is 7.34. The summed E-state index contributed by atoms with van der Waals surface area (Å²) in [6, 6.07) is 17.0. The zero-order valence-electron chi connectivity index (χ0n) is 21.5. The summed E-state index contributed by atoms with van der Waals surface area (Å²) < 4.78 is 37.7. The Morgan fingerprint density at radius 3 is 2.40 bits per heavy atom. The van der Waals surface area contributed by atoms with Crippen molar-refractivity contribution in [2.45, 2.75) is 44.5 Å². The minimum atomic E-state index is -5.08. The summed E-state index contributed by atoms with van der Waals surface area (Å²) in [7, 11) is 0. The van der Waals surface area contributed by atoms with E-state index in [0.717, 1.165) is 34.3 Å². The second kappa shape index (κ2) is 13.5. The number of carbonyl (C=O) groups excluding carboxylic acids is 2. The number of hydroxylamine groups is 1. The Morgan fingerprint density at radius 1 is 1.12 bits per heavy atom. The van der Waals surface area contributed by atoms with Crippen LogP contribution in [0, 0.1) is 6.92 Å². The molecular formula is C27H28F3N3O6S. The molecule has 1 fully saturated rings. The minimum absolute atomic E-state index is 0.0444. The highest BCUT2D eigenvalue weighted by Crippen LogP contribution is 2.30. The van der Waals surface area contributed by atoms with Crippen molar-refractivity contribution in [3.8, 4) is 5.75 Å². The number of carboxylic acids is 1.